The van der Waals surface area contributed by atoms with Crippen molar-refractivity contribution in [2.24, 2.45) is 5.14 Å². The van der Waals surface area contributed by atoms with E-state index < -0.39 is 41.5 Å². The van der Waals surface area contributed by atoms with Gasteiger partial charge in [-0.05, 0) is 42.5 Å². The molecule has 11 nitrogen and oxygen atoms in total. The Morgan fingerprint density at radius 2 is 1.64 bits per heavy atom. The number of benzene rings is 3. The number of hydrogen-bond donors (Lipinski definition) is 3. The molecule has 0 unspecified atom stereocenters. The number of amides is 1. The van der Waals surface area contributed by atoms with Gasteiger partial charge in [0, 0.05) is 11.8 Å². The molecule has 4 N–H and O–H groups in total. The zero-order valence-corrected chi connectivity index (χ0v) is 18.8. The minimum absolute atomic E-state index is 0.0921. The maximum Gasteiger partial charge on any atom is 0.289 e. The molecule has 0 atom stereocenters. The molecule has 0 spiro atoms. The number of rotatable bonds is 7. The van der Waals surface area contributed by atoms with Crippen LogP contribution in [0.25, 0.3) is 0 Å². The molecule has 0 aliphatic rings. The summed E-state index contributed by atoms with van der Waals surface area (Å²) in [4.78, 5) is 22.4. The average Bonchev–Trinajstić information content (AvgIpc) is 2.73. The lowest BCUT2D eigenvalue weighted by Crippen LogP contribution is -2.19. The second-order valence-electron chi connectivity index (χ2n) is 6.55. The van der Waals surface area contributed by atoms with Gasteiger partial charge in [0.25, 0.3) is 21.6 Å². The molecule has 33 heavy (non-hydrogen) atoms. The lowest BCUT2D eigenvalue weighted by atomic mass is 10.1. The normalized spacial score (nSPS) is 11.6. The molecular formula is C19H15ClN4O7S2. The Balaban J connectivity index is 1.92. The predicted octanol–water partition coefficient (Wildman–Crippen LogP) is 2.95. The lowest BCUT2D eigenvalue weighted by molar-refractivity contribution is -0.384. The fourth-order valence-electron chi connectivity index (χ4n) is 2.72. The second kappa shape index (κ2) is 9.15. The standard InChI is InChI=1S/C19H15ClN4O7S2/c20-16-9-8-14(11-18(16)24(26)27)33(30,31)23-17-7-2-1-6-15(17)19(25)22-12-4-3-5-13(10-12)32(21,28)29/h1-11,23H,(H,22,25)(H2,21,28,29). The molecule has 0 heterocycles. The summed E-state index contributed by atoms with van der Waals surface area (Å²) in [6, 6.07) is 13.8. The molecule has 0 saturated heterocycles. The smallest absolute Gasteiger partial charge is 0.289 e. The van der Waals surface area contributed by atoms with E-state index in [0.717, 1.165) is 24.3 Å². The van der Waals surface area contributed by atoms with Crippen LogP contribution >= 0.6 is 11.6 Å². The maximum atomic E-state index is 12.8. The summed E-state index contributed by atoms with van der Waals surface area (Å²) in [5.41, 5.74) is -0.696. The van der Waals surface area contributed by atoms with Crippen molar-refractivity contribution in [1.29, 1.82) is 0 Å². The Kier molecular flexibility index (Phi) is 6.69. The van der Waals surface area contributed by atoms with Gasteiger partial charge < -0.3 is 5.32 Å². The summed E-state index contributed by atoms with van der Waals surface area (Å²) < 4.78 is 50.8. The molecule has 0 bridgehead atoms. The van der Waals surface area contributed by atoms with Crippen LogP contribution in [0.15, 0.2) is 76.5 Å². The van der Waals surface area contributed by atoms with E-state index in [1.54, 1.807) is 0 Å². The highest BCUT2D eigenvalue weighted by Gasteiger charge is 2.23. The van der Waals surface area contributed by atoms with E-state index in [0.29, 0.717) is 0 Å². The van der Waals surface area contributed by atoms with Gasteiger partial charge in [-0.2, -0.15) is 0 Å². The molecule has 3 rings (SSSR count). The van der Waals surface area contributed by atoms with Crippen molar-refractivity contribution in [2.45, 2.75) is 9.79 Å². The zero-order chi connectivity index (χ0) is 24.4. The minimum Gasteiger partial charge on any atom is -0.322 e. The van der Waals surface area contributed by atoms with Crippen molar-refractivity contribution < 1.29 is 26.6 Å². The monoisotopic (exact) mass is 510 g/mol. The number of sulfonamides is 2. The van der Waals surface area contributed by atoms with Crippen LogP contribution in [0.5, 0.6) is 0 Å². The molecule has 1 amide bonds. The second-order valence-corrected chi connectivity index (χ2v) is 10.2. The molecule has 0 radical (unpaired) electrons. The van der Waals surface area contributed by atoms with Crippen molar-refractivity contribution in [3.05, 3.63) is 87.4 Å². The number of halogens is 1. The first-order valence-corrected chi connectivity index (χ1v) is 12.3. The lowest BCUT2D eigenvalue weighted by Gasteiger charge is -2.13. The minimum atomic E-state index is -4.33. The third kappa shape index (κ3) is 5.64. The fraction of sp³-hybridized carbons (Fsp3) is 0. The number of carbonyl (C=O) groups is 1. The topological polar surface area (TPSA) is 179 Å². The molecular weight excluding hydrogens is 496 g/mol. The molecule has 0 aromatic heterocycles. The van der Waals surface area contributed by atoms with Crippen LogP contribution in [-0.2, 0) is 20.0 Å². The van der Waals surface area contributed by atoms with Gasteiger partial charge in [0.1, 0.15) is 5.02 Å². The van der Waals surface area contributed by atoms with Crippen molar-refractivity contribution in [1.82, 2.24) is 0 Å². The molecule has 0 fully saturated rings. The number of nitro groups is 1. The Labute approximate surface area is 193 Å². The van der Waals surface area contributed by atoms with E-state index >= 15 is 0 Å². The molecule has 3 aromatic rings. The summed E-state index contributed by atoms with van der Waals surface area (Å²) >= 11 is 5.73. The van der Waals surface area contributed by atoms with Crippen molar-refractivity contribution in [2.75, 3.05) is 10.0 Å². The highest BCUT2D eigenvalue weighted by atomic mass is 35.5. The molecule has 3 aromatic carbocycles. The summed E-state index contributed by atoms with van der Waals surface area (Å²) in [6.07, 6.45) is 0. The highest BCUT2D eigenvalue weighted by Crippen LogP contribution is 2.29. The zero-order valence-electron chi connectivity index (χ0n) is 16.4. The van der Waals surface area contributed by atoms with E-state index in [1.165, 1.54) is 42.5 Å². The number of primary sulfonamides is 1. The molecule has 0 saturated carbocycles. The van der Waals surface area contributed by atoms with Crippen LogP contribution in [0.4, 0.5) is 17.1 Å². The van der Waals surface area contributed by atoms with Gasteiger partial charge in [-0.15, -0.1) is 0 Å². The third-order valence-electron chi connectivity index (χ3n) is 4.26. The van der Waals surface area contributed by atoms with Crippen molar-refractivity contribution >= 4 is 54.6 Å². The van der Waals surface area contributed by atoms with Gasteiger partial charge in [-0.1, -0.05) is 29.8 Å². The van der Waals surface area contributed by atoms with E-state index in [9.17, 15) is 31.7 Å². The van der Waals surface area contributed by atoms with E-state index in [-0.39, 0.29) is 26.9 Å². The van der Waals surface area contributed by atoms with Gasteiger partial charge in [0.15, 0.2) is 0 Å². The number of hydrogen-bond acceptors (Lipinski definition) is 7. The van der Waals surface area contributed by atoms with Crippen LogP contribution < -0.4 is 15.2 Å². The molecule has 172 valence electrons. The van der Waals surface area contributed by atoms with Gasteiger partial charge >= 0.3 is 0 Å². The van der Waals surface area contributed by atoms with Gasteiger partial charge in [-0.25, -0.2) is 22.0 Å². The SMILES string of the molecule is NS(=O)(=O)c1cccc(NC(=O)c2ccccc2NS(=O)(=O)c2ccc(Cl)c([N+](=O)[O-])c2)c1. The van der Waals surface area contributed by atoms with Crippen molar-refractivity contribution in [3.63, 3.8) is 0 Å². The van der Waals surface area contributed by atoms with Crippen molar-refractivity contribution in [3.8, 4) is 0 Å². The number of carbonyl (C=O) groups excluding carboxylic acids is 1. The number of nitrogens with one attached hydrogen (secondary N) is 2. The Bertz CT molecular complexity index is 1470. The Morgan fingerprint density at radius 3 is 2.30 bits per heavy atom. The van der Waals surface area contributed by atoms with E-state index in [4.69, 9.17) is 16.7 Å². The van der Waals surface area contributed by atoms with Crippen LogP contribution in [0.1, 0.15) is 10.4 Å². The molecule has 0 aliphatic carbocycles. The molecule has 14 heteroatoms. The average molecular weight is 511 g/mol. The number of nitrogens with zero attached hydrogens (tertiary/aromatic N) is 1. The highest BCUT2D eigenvalue weighted by molar-refractivity contribution is 7.92. The number of nitrogens with two attached hydrogens (primary N) is 1. The van der Waals surface area contributed by atoms with Crippen LogP contribution in [0.2, 0.25) is 5.02 Å². The summed E-state index contributed by atoms with van der Waals surface area (Å²) in [7, 11) is -8.33. The first-order chi connectivity index (χ1) is 15.4. The summed E-state index contributed by atoms with van der Waals surface area (Å²) in [5.74, 6) is -0.748. The number of nitro benzene ring substituents is 1. The fourth-order valence-corrected chi connectivity index (χ4v) is 4.57. The molecule has 0 aliphatic heterocycles. The van der Waals surface area contributed by atoms with Gasteiger partial charge in [0.05, 0.1) is 26.0 Å². The van der Waals surface area contributed by atoms with E-state index in [2.05, 4.69) is 10.0 Å². The van der Waals surface area contributed by atoms with Gasteiger partial charge in [-0.3, -0.25) is 19.6 Å². The quantitative estimate of drug-likeness (QED) is 0.322. The van der Waals surface area contributed by atoms with Crippen LogP contribution in [-0.4, -0.2) is 27.7 Å². The van der Waals surface area contributed by atoms with E-state index in [1.807, 2.05) is 0 Å². The number of anilines is 2. The van der Waals surface area contributed by atoms with Crippen LogP contribution in [0.3, 0.4) is 0 Å². The van der Waals surface area contributed by atoms with Crippen LogP contribution in [0, 0.1) is 10.1 Å². The van der Waals surface area contributed by atoms with Gasteiger partial charge in [0.2, 0.25) is 10.0 Å². The maximum absolute atomic E-state index is 12.8. The third-order valence-corrected chi connectivity index (χ3v) is 6.85. The first kappa shape index (κ1) is 24.1. The Hall–Kier alpha value is -3.52. The largest absolute Gasteiger partial charge is 0.322 e. The summed E-state index contributed by atoms with van der Waals surface area (Å²) in [5, 5.41) is 18.4. The predicted molar refractivity (Wildman–Crippen MR) is 121 cm³/mol. The first-order valence-electron chi connectivity index (χ1n) is 8.88. The summed E-state index contributed by atoms with van der Waals surface area (Å²) in [6.45, 7) is 0. The number of para-hydroxylation sites is 1. The Morgan fingerprint density at radius 1 is 0.939 bits per heavy atom.